The zero-order valence-electron chi connectivity index (χ0n) is 8.31. The van der Waals surface area contributed by atoms with E-state index in [4.69, 9.17) is 10.5 Å². The highest BCUT2D eigenvalue weighted by Crippen LogP contribution is 2.18. The van der Waals surface area contributed by atoms with E-state index >= 15 is 0 Å². The molecule has 1 aromatic heterocycles. The van der Waals surface area contributed by atoms with Crippen molar-refractivity contribution in [3.8, 4) is 0 Å². The van der Waals surface area contributed by atoms with Gasteiger partial charge in [0.1, 0.15) is 5.82 Å². The number of ether oxygens (including phenoxy) is 1. The predicted octanol–water partition coefficient (Wildman–Crippen LogP) is 0.889. The van der Waals surface area contributed by atoms with Crippen LogP contribution in [0.4, 0.5) is 11.5 Å². The van der Waals surface area contributed by atoms with E-state index in [1.165, 1.54) is 0 Å². The topological polar surface area (TPSA) is 51.4 Å². The van der Waals surface area contributed by atoms with Crippen molar-refractivity contribution in [1.29, 1.82) is 0 Å². The summed E-state index contributed by atoms with van der Waals surface area (Å²) in [5.41, 5.74) is 6.66. The Morgan fingerprint density at radius 2 is 2.43 bits per heavy atom. The minimum Gasteiger partial charge on any atom is -0.384 e. The van der Waals surface area contributed by atoms with Gasteiger partial charge in [-0.3, -0.25) is 0 Å². The van der Waals surface area contributed by atoms with E-state index in [1.807, 2.05) is 18.3 Å². The van der Waals surface area contributed by atoms with E-state index in [1.54, 1.807) is 0 Å². The Labute approximate surface area is 83.7 Å². The van der Waals surface area contributed by atoms with Gasteiger partial charge in [0.15, 0.2) is 0 Å². The summed E-state index contributed by atoms with van der Waals surface area (Å²) in [6.45, 7) is 4.64. The highest BCUT2D eigenvalue weighted by atomic mass is 16.5. The molecule has 0 radical (unpaired) electrons. The Morgan fingerprint density at radius 1 is 1.57 bits per heavy atom. The quantitative estimate of drug-likeness (QED) is 0.719. The predicted molar refractivity (Wildman–Crippen MR) is 56.3 cm³/mol. The van der Waals surface area contributed by atoms with E-state index in [-0.39, 0.29) is 0 Å². The Bertz CT molecular complexity index is 299. The van der Waals surface area contributed by atoms with Crippen molar-refractivity contribution in [3.05, 3.63) is 18.3 Å². The third kappa shape index (κ3) is 1.80. The number of hydrogen-bond donors (Lipinski definition) is 1. The Hall–Kier alpha value is -1.29. The van der Waals surface area contributed by atoms with Gasteiger partial charge in [-0.05, 0) is 19.1 Å². The molecule has 1 fully saturated rings. The van der Waals surface area contributed by atoms with Gasteiger partial charge in [-0.15, -0.1) is 0 Å². The fourth-order valence-electron chi connectivity index (χ4n) is 1.68. The van der Waals surface area contributed by atoms with Crippen LogP contribution in [0, 0.1) is 0 Å². The maximum atomic E-state index is 5.54. The van der Waals surface area contributed by atoms with Gasteiger partial charge in [0.05, 0.1) is 25.1 Å². The number of nitrogens with two attached hydrogens (primary N) is 1. The van der Waals surface area contributed by atoms with E-state index in [0.717, 1.165) is 25.4 Å². The van der Waals surface area contributed by atoms with Crippen LogP contribution >= 0.6 is 0 Å². The first-order chi connectivity index (χ1) is 6.77. The van der Waals surface area contributed by atoms with Gasteiger partial charge in [0, 0.05) is 12.6 Å². The van der Waals surface area contributed by atoms with Crippen LogP contribution in [-0.2, 0) is 4.74 Å². The van der Waals surface area contributed by atoms with Crippen molar-refractivity contribution in [1.82, 2.24) is 4.98 Å². The Balaban J connectivity index is 2.16. The minimum atomic E-state index is 0.411. The minimum absolute atomic E-state index is 0.411. The summed E-state index contributed by atoms with van der Waals surface area (Å²) < 4.78 is 5.37. The molecule has 1 unspecified atom stereocenters. The summed E-state index contributed by atoms with van der Waals surface area (Å²) in [4.78, 5) is 6.37. The first-order valence-electron chi connectivity index (χ1n) is 4.83. The van der Waals surface area contributed by atoms with Crippen molar-refractivity contribution < 1.29 is 4.74 Å². The third-order valence-corrected chi connectivity index (χ3v) is 2.47. The lowest BCUT2D eigenvalue weighted by atomic mass is 10.2. The van der Waals surface area contributed by atoms with Crippen LogP contribution in [0.15, 0.2) is 18.3 Å². The van der Waals surface area contributed by atoms with Crippen LogP contribution in [-0.4, -0.2) is 30.8 Å². The van der Waals surface area contributed by atoms with Crippen LogP contribution in [0.2, 0.25) is 0 Å². The van der Waals surface area contributed by atoms with Crippen molar-refractivity contribution in [2.75, 3.05) is 30.4 Å². The second kappa shape index (κ2) is 3.84. The summed E-state index contributed by atoms with van der Waals surface area (Å²) in [5, 5.41) is 0. The van der Waals surface area contributed by atoms with Gasteiger partial charge in [-0.25, -0.2) is 4.98 Å². The van der Waals surface area contributed by atoms with E-state index in [9.17, 15) is 0 Å². The van der Waals surface area contributed by atoms with Crippen LogP contribution < -0.4 is 10.6 Å². The molecule has 0 aliphatic carbocycles. The molecule has 2 heterocycles. The fourth-order valence-corrected chi connectivity index (χ4v) is 1.68. The Kier molecular flexibility index (Phi) is 2.54. The van der Waals surface area contributed by atoms with Crippen LogP contribution in [0.25, 0.3) is 0 Å². The average molecular weight is 193 g/mol. The number of pyridine rings is 1. The number of rotatable bonds is 1. The first-order valence-corrected chi connectivity index (χ1v) is 4.83. The van der Waals surface area contributed by atoms with Gasteiger partial charge in [0.2, 0.25) is 0 Å². The molecule has 1 aliphatic heterocycles. The molecule has 76 valence electrons. The number of morpholine rings is 1. The van der Waals surface area contributed by atoms with E-state index in [2.05, 4.69) is 16.8 Å². The largest absolute Gasteiger partial charge is 0.384 e. The molecule has 4 nitrogen and oxygen atoms in total. The van der Waals surface area contributed by atoms with Gasteiger partial charge in [0.25, 0.3) is 0 Å². The molecular weight excluding hydrogens is 178 g/mol. The van der Waals surface area contributed by atoms with Gasteiger partial charge >= 0.3 is 0 Å². The molecule has 1 aromatic rings. The summed E-state index contributed by atoms with van der Waals surface area (Å²) in [7, 11) is 0. The molecule has 1 atom stereocenters. The molecule has 0 aromatic carbocycles. The molecule has 0 amide bonds. The molecule has 0 spiro atoms. The van der Waals surface area contributed by atoms with Crippen LogP contribution in [0.3, 0.4) is 0 Å². The zero-order chi connectivity index (χ0) is 9.97. The summed E-state index contributed by atoms with van der Waals surface area (Å²) >= 11 is 0. The van der Waals surface area contributed by atoms with Crippen molar-refractivity contribution >= 4 is 11.5 Å². The lowest BCUT2D eigenvalue weighted by Gasteiger charge is -2.34. The average Bonchev–Trinajstić information content (AvgIpc) is 2.20. The lowest BCUT2D eigenvalue weighted by molar-refractivity contribution is 0.0989. The SMILES string of the molecule is CC1COCCN1c1ccc(N)nc1. The molecule has 14 heavy (non-hydrogen) atoms. The highest BCUT2D eigenvalue weighted by Gasteiger charge is 2.18. The number of anilines is 2. The fraction of sp³-hybridized carbons (Fsp3) is 0.500. The van der Waals surface area contributed by atoms with Gasteiger partial charge in [-0.2, -0.15) is 0 Å². The molecule has 1 saturated heterocycles. The first kappa shape index (κ1) is 9.27. The normalized spacial score (nSPS) is 22.4. The monoisotopic (exact) mass is 193 g/mol. The summed E-state index contributed by atoms with van der Waals surface area (Å²) in [6.07, 6.45) is 1.82. The molecule has 4 heteroatoms. The van der Waals surface area contributed by atoms with Gasteiger partial charge < -0.3 is 15.4 Å². The lowest BCUT2D eigenvalue weighted by Crippen LogP contribution is -2.43. The molecule has 2 rings (SSSR count). The van der Waals surface area contributed by atoms with Crippen LogP contribution in [0.5, 0.6) is 0 Å². The molecule has 0 saturated carbocycles. The number of nitrogens with zero attached hydrogens (tertiary/aromatic N) is 2. The smallest absolute Gasteiger partial charge is 0.123 e. The highest BCUT2D eigenvalue weighted by molar-refractivity contribution is 5.49. The second-order valence-electron chi connectivity index (χ2n) is 3.56. The van der Waals surface area contributed by atoms with E-state index in [0.29, 0.717) is 11.9 Å². The maximum Gasteiger partial charge on any atom is 0.123 e. The van der Waals surface area contributed by atoms with Crippen LogP contribution in [0.1, 0.15) is 6.92 Å². The zero-order valence-corrected chi connectivity index (χ0v) is 8.31. The molecule has 1 aliphatic rings. The number of nitrogen functional groups attached to an aromatic ring is 1. The number of aromatic nitrogens is 1. The van der Waals surface area contributed by atoms with Crippen molar-refractivity contribution in [3.63, 3.8) is 0 Å². The van der Waals surface area contributed by atoms with Gasteiger partial charge in [-0.1, -0.05) is 0 Å². The molecule has 0 bridgehead atoms. The molecular formula is C10H15N3O. The molecule has 2 N–H and O–H groups in total. The summed E-state index contributed by atoms with van der Waals surface area (Å²) in [6, 6.07) is 4.25. The standard InChI is InChI=1S/C10H15N3O/c1-8-7-14-5-4-13(8)9-2-3-10(11)12-6-9/h2-3,6,8H,4-5,7H2,1H3,(H2,11,12). The van der Waals surface area contributed by atoms with Crippen molar-refractivity contribution in [2.45, 2.75) is 13.0 Å². The maximum absolute atomic E-state index is 5.54. The number of hydrogen-bond acceptors (Lipinski definition) is 4. The third-order valence-electron chi connectivity index (χ3n) is 2.47. The summed E-state index contributed by atoms with van der Waals surface area (Å²) in [5.74, 6) is 0.565. The second-order valence-corrected chi connectivity index (χ2v) is 3.56. The van der Waals surface area contributed by atoms with E-state index < -0.39 is 0 Å². The Morgan fingerprint density at radius 3 is 3.07 bits per heavy atom. The van der Waals surface area contributed by atoms with Crippen molar-refractivity contribution in [2.24, 2.45) is 0 Å².